The topological polar surface area (TPSA) is 57.7 Å². The first-order valence-corrected chi connectivity index (χ1v) is 7.26. The third kappa shape index (κ3) is 2.14. The van der Waals surface area contributed by atoms with Gasteiger partial charge in [-0.15, -0.1) is 0 Å². The number of hydrogen-bond acceptors (Lipinski definition) is 3. The van der Waals surface area contributed by atoms with Gasteiger partial charge in [-0.25, -0.2) is 0 Å². The number of amides is 3. The average Bonchev–Trinajstić information content (AvgIpc) is 2.69. The maximum atomic E-state index is 12.3. The first kappa shape index (κ1) is 13.3. The first-order chi connectivity index (χ1) is 9.58. The molecule has 2 aliphatic rings. The lowest BCUT2D eigenvalue weighted by Crippen LogP contribution is -2.62. The molecule has 2 saturated heterocycles. The zero-order chi connectivity index (χ0) is 14.3. The second kappa shape index (κ2) is 5.01. The molecule has 2 fully saturated rings. The van der Waals surface area contributed by atoms with E-state index < -0.39 is 0 Å². The number of likely N-dealkylation sites (tertiary alicyclic amines) is 2. The lowest BCUT2D eigenvalue weighted by atomic mass is 10.1. The highest BCUT2D eigenvalue weighted by molar-refractivity contribution is 9.10. The normalized spacial score (nSPS) is 19.4. The fourth-order valence-corrected chi connectivity index (χ4v) is 3.04. The van der Waals surface area contributed by atoms with Crippen molar-refractivity contribution in [2.45, 2.75) is 18.9 Å². The van der Waals surface area contributed by atoms with E-state index in [4.69, 9.17) is 0 Å². The second-order valence-electron chi connectivity index (χ2n) is 5.00. The minimum atomic E-state index is -0.149. The Balaban J connectivity index is 1.66. The summed E-state index contributed by atoms with van der Waals surface area (Å²) < 4.78 is 0.752. The molecule has 1 aromatic rings. The highest BCUT2D eigenvalue weighted by Gasteiger charge is 2.42. The van der Waals surface area contributed by atoms with Gasteiger partial charge in [-0.3, -0.25) is 19.3 Å². The molecule has 0 unspecified atom stereocenters. The van der Waals surface area contributed by atoms with Crippen LogP contribution in [0.1, 0.15) is 23.2 Å². The van der Waals surface area contributed by atoms with Crippen LogP contribution in [-0.4, -0.2) is 46.7 Å². The Morgan fingerprint density at radius 3 is 2.30 bits per heavy atom. The van der Waals surface area contributed by atoms with E-state index in [0.29, 0.717) is 31.5 Å². The zero-order valence-corrected chi connectivity index (χ0v) is 12.3. The standard InChI is InChI=1S/C14H13BrN2O3/c15-11-4-2-1-3-10(11)14(20)16-7-9(8-16)17-12(18)5-6-13(17)19/h1-4,9H,5-8H2. The molecule has 5 nitrogen and oxygen atoms in total. The van der Waals surface area contributed by atoms with Gasteiger partial charge in [0.15, 0.2) is 0 Å². The summed E-state index contributed by atoms with van der Waals surface area (Å²) in [5.41, 5.74) is 0.602. The van der Waals surface area contributed by atoms with Crippen LogP contribution >= 0.6 is 15.9 Å². The van der Waals surface area contributed by atoms with Crippen molar-refractivity contribution in [3.05, 3.63) is 34.3 Å². The number of carbonyl (C=O) groups is 3. The summed E-state index contributed by atoms with van der Waals surface area (Å²) >= 11 is 3.35. The number of rotatable bonds is 2. The predicted molar refractivity (Wildman–Crippen MR) is 74.9 cm³/mol. The summed E-state index contributed by atoms with van der Waals surface area (Å²) in [6.45, 7) is 0.856. The molecule has 6 heteroatoms. The smallest absolute Gasteiger partial charge is 0.255 e. The molecule has 2 heterocycles. The van der Waals surface area contributed by atoms with Gasteiger partial charge in [-0.05, 0) is 28.1 Å². The SMILES string of the molecule is O=C(c1ccccc1Br)N1CC(N2C(=O)CCC2=O)C1. The lowest BCUT2D eigenvalue weighted by molar-refractivity contribution is -0.144. The predicted octanol–water partition coefficient (Wildman–Crippen LogP) is 1.42. The fraction of sp³-hybridized carbons (Fsp3) is 0.357. The van der Waals surface area contributed by atoms with Crippen LogP contribution < -0.4 is 0 Å². The van der Waals surface area contributed by atoms with E-state index in [1.165, 1.54) is 4.90 Å². The van der Waals surface area contributed by atoms with Crippen LogP contribution in [0.3, 0.4) is 0 Å². The third-order valence-corrected chi connectivity index (χ3v) is 4.40. The molecule has 2 aliphatic heterocycles. The Kier molecular flexibility index (Phi) is 3.33. The van der Waals surface area contributed by atoms with E-state index in [1.54, 1.807) is 11.0 Å². The summed E-state index contributed by atoms with van der Waals surface area (Å²) in [4.78, 5) is 38.5. The molecule has 104 valence electrons. The van der Waals surface area contributed by atoms with Crippen LogP contribution in [0.4, 0.5) is 0 Å². The van der Waals surface area contributed by atoms with Gasteiger partial charge in [0.05, 0.1) is 11.6 Å². The Morgan fingerprint density at radius 2 is 1.70 bits per heavy atom. The van der Waals surface area contributed by atoms with E-state index in [-0.39, 0.29) is 23.8 Å². The number of halogens is 1. The summed E-state index contributed by atoms with van der Waals surface area (Å²) in [5.74, 6) is -0.311. The maximum Gasteiger partial charge on any atom is 0.255 e. The summed E-state index contributed by atoms with van der Waals surface area (Å²) in [7, 11) is 0. The van der Waals surface area contributed by atoms with Crippen LogP contribution in [0.5, 0.6) is 0 Å². The van der Waals surface area contributed by atoms with E-state index >= 15 is 0 Å². The van der Waals surface area contributed by atoms with Crippen molar-refractivity contribution in [1.29, 1.82) is 0 Å². The minimum absolute atomic E-state index is 0.0761. The number of carbonyl (C=O) groups excluding carboxylic acids is 3. The maximum absolute atomic E-state index is 12.3. The van der Waals surface area contributed by atoms with Crippen molar-refractivity contribution in [2.24, 2.45) is 0 Å². The van der Waals surface area contributed by atoms with Gasteiger partial charge in [0.1, 0.15) is 0 Å². The average molecular weight is 337 g/mol. The number of nitrogens with zero attached hydrogens (tertiary/aromatic N) is 2. The Bertz CT molecular complexity index is 580. The number of imide groups is 1. The Morgan fingerprint density at radius 1 is 1.10 bits per heavy atom. The van der Waals surface area contributed by atoms with Crippen LogP contribution in [0.15, 0.2) is 28.7 Å². The molecular weight excluding hydrogens is 324 g/mol. The van der Waals surface area contributed by atoms with Crippen LogP contribution in [0.2, 0.25) is 0 Å². The van der Waals surface area contributed by atoms with E-state index in [0.717, 1.165) is 4.47 Å². The van der Waals surface area contributed by atoms with Gasteiger partial charge in [-0.1, -0.05) is 12.1 Å². The van der Waals surface area contributed by atoms with Crippen molar-refractivity contribution in [3.63, 3.8) is 0 Å². The molecule has 0 atom stereocenters. The quantitative estimate of drug-likeness (QED) is 0.767. The molecule has 0 saturated carbocycles. The van der Waals surface area contributed by atoms with Crippen molar-refractivity contribution in [3.8, 4) is 0 Å². The van der Waals surface area contributed by atoms with Crippen molar-refractivity contribution >= 4 is 33.7 Å². The molecule has 0 aliphatic carbocycles. The van der Waals surface area contributed by atoms with E-state index in [1.807, 2.05) is 18.2 Å². The molecule has 0 radical (unpaired) electrons. The molecular formula is C14H13BrN2O3. The lowest BCUT2D eigenvalue weighted by Gasteiger charge is -2.43. The number of hydrogen-bond donors (Lipinski definition) is 0. The van der Waals surface area contributed by atoms with Gasteiger partial charge in [0.2, 0.25) is 11.8 Å². The second-order valence-corrected chi connectivity index (χ2v) is 5.86. The first-order valence-electron chi connectivity index (χ1n) is 6.46. The van der Waals surface area contributed by atoms with Crippen molar-refractivity contribution < 1.29 is 14.4 Å². The minimum Gasteiger partial charge on any atom is -0.334 e. The third-order valence-electron chi connectivity index (χ3n) is 3.71. The van der Waals surface area contributed by atoms with Gasteiger partial charge in [0.25, 0.3) is 5.91 Å². The fourth-order valence-electron chi connectivity index (χ4n) is 2.59. The highest BCUT2D eigenvalue weighted by atomic mass is 79.9. The summed E-state index contributed by atoms with van der Waals surface area (Å²) in [5, 5.41) is 0. The Hall–Kier alpha value is -1.69. The molecule has 3 rings (SSSR count). The molecule has 0 spiro atoms. The van der Waals surface area contributed by atoms with Crippen LogP contribution in [0, 0.1) is 0 Å². The zero-order valence-electron chi connectivity index (χ0n) is 10.7. The van der Waals surface area contributed by atoms with Crippen molar-refractivity contribution in [2.75, 3.05) is 13.1 Å². The van der Waals surface area contributed by atoms with Gasteiger partial charge >= 0.3 is 0 Å². The van der Waals surface area contributed by atoms with Crippen LogP contribution in [0.25, 0.3) is 0 Å². The van der Waals surface area contributed by atoms with Gasteiger partial charge in [-0.2, -0.15) is 0 Å². The van der Waals surface area contributed by atoms with Crippen LogP contribution in [-0.2, 0) is 9.59 Å². The summed E-state index contributed by atoms with van der Waals surface area (Å²) in [6.07, 6.45) is 0.598. The molecule has 0 N–H and O–H groups in total. The monoisotopic (exact) mass is 336 g/mol. The largest absolute Gasteiger partial charge is 0.334 e. The molecule has 0 aromatic heterocycles. The van der Waals surface area contributed by atoms with E-state index in [9.17, 15) is 14.4 Å². The van der Waals surface area contributed by atoms with Gasteiger partial charge in [0, 0.05) is 30.4 Å². The molecule has 1 aromatic carbocycles. The molecule has 0 bridgehead atoms. The summed E-state index contributed by atoms with van der Waals surface area (Å²) in [6, 6.07) is 7.08. The van der Waals surface area contributed by atoms with E-state index in [2.05, 4.69) is 15.9 Å². The highest BCUT2D eigenvalue weighted by Crippen LogP contribution is 2.25. The van der Waals surface area contributed by atoms with Gasteiger partial charge < -0.3 is 4.90 Å². The van der Waals surface area contributed by atoms with Crippen molar-refractivity contribution in [1.82, 2.24) is 9.80 Å². The number of benzene rings is 1. The molecule has 3 amide bonds. The Labute approximate surface area is 124 Å². The molecule has 20 heavy (non-hydrogen) atoms.